The molecule has 0 unspecified atom stereocenters. The average molecular weight is 491 g/mol. The zero-order chi connectivity index (χ0) is 17.2. The highest BCUT2D eigenvalue weighted by atomic mass is 127. The summed E-state index contributed by atoms with van der Waals surface area (Å²) in [6, 6.07) is 12.4. The van der Waals surface area contributed by atoms with E-state index in [0.717, 1.165) is 36.8 Å². The number of thioether (sulfide) groups is 1. The van der Waals surface area contributed by atoms with Crippen LogP contribution >= 0.6 is 47.3 Å². The van der Waals surface area contributed by atoms with Crippen LogP contribution in [0.15, 0.2) is 52.5 Å². The summed E-state index contributed by atoms with van der Waals surface area (Å²) in [5, 5.41) is 7.16. The van der Waals surface area contributed by atoms with Crippen LogP contribution in [0.3, 0.4) is 0 Å². The third kappa shape index (κ3) is 8.78. The molecule has 0 spiro atoms. The van der Waals surface area contributed by atoms with Crippen molar-refractivity contribution in [1.82, 2.24) is 15.6 Å². The lowest BCUT2D eigenvalue weighted by atomic mass is 10.2. The van der Waals surface area contributed by atoms with Crippen molar-refractivity contribution in [3.05, 3.63) is 58.9 Å². The van der Waals surface area contributed by atoms with Gasteiger partial charge in [0, 0.05) is 37.0 Å². The van der Waals surface area contributed by atoms with Crippen LogP contribution in [0.2, 0.25) is 5.15 Å². The van der Waals surface area contributed by atoms with Crippen LogP contribution in [0.5, 0.6) is 0 Å². The zero-order valence-corrected chi connectivity index (χ0v) is 18.4. The number of nitrogens with one attached hydrogen (secondary N) is 2. The Morgan fingerprint density at radius 2 is 1.84 bits per heavy atom. The summed E-state index contributed by atoms with van der Waals surface area (Å²) in [7, 11) is 1.78. The Bertz CT molecular complexity index is 647. The highest BCUT2D eigenvalue weighted by Crippen LogP contribution is 2.17. The number of aromatic nitrogens is 1. The summed E-state index contributed by atoms with van der Waals surface area (Å²) in [5.41, 5.74) is 2.44. The molecular formula is C18H24ClIN4S. The number of pyridine rings is 1. The molecular weight excluding hydrogens is 467 g/mol. The van der Waals surface area contributed by atoms with Crippen molar-refractivity contribution in [2.24, 2.45) is 4.99 Å². The van der Waals surface area contributed by atoms with Gasteiger partial charge in [0.15, 0.2) is 5.96 Å². The quantitative estimate of drug-likeness (QED) is 0.153. The zero-order valence-electron chi connectivity index (χ0n) is 14.5. The van der Waals surface area contributed by atoms with Crippen molar-refractivity contribution < 1.29 is 0 Å². The largest absolute Gasteiger partial charge is 0.356 e. The Kier molecular flexibility index (Phi) is 10.9. The summed E-state index contributed by atoms with van der Waals surface area (Å²) in [4.78, 5) is 9.61. The number of aryl methyl sites for hydroxylation is 1. The van der Waals surface area contributed by atoms with Gasteiger partial charge in [0.25, 0.3) is 0 Å². The molecule has 1 heterocycles. The van der Waals surface area contributed by atoms with E-state index in [1.54, 1.807) is 13.2 Å². The first-order valence-corrected chi connectivity index (χ1v) is 9.28. The van der Waals surface area contributed by atoms with Crippen LogP contribution in [0.1, 0.15) is 11.1 Å². The van der Waals surface area contributed by atoms with Crippen LogP contribution < -0.4 is 10.6 Å². The molecule has 0 atom stereocenters. The lowest BCUT2D eigenvalue weighted by Crippen LogP contribution is -2.39. The van der Waals surface area contributed by atoms with Gasteiger partial charge in [0.05, 0.1) is 0 Å². The second-order valence-electron chi connectivity index (χ2n) is 5.33. The van der Waals surface area contributed by atoms with Gasteiger partial charge < -0.3 is 10.6 Å². The molecule has 2 rings (SSSR count). The third-order valence-corrected chi connectivity index (χ3v) is 4.64. The Morgan fingerprint density at radius 3 is 2.48 bits per heavy atom. The lowest BCUT2D eigenvalue weighted by molar-refractivity contribution is 0.810. The molecule has 0 aliphatic heterocycles. The number of aliphatic imine (C=N–C) groups is 1. The third-order valence-electron chi connectivity index (χ3n) is 3.40. The van der Waals surface area contributed by atoms with Crippen LogP contribution in [0.25, 0.3) is 0 Å². The maximum atomic E-state index is 5.78. The normalized spacial score (nSPS) is 10.9. The van der Waals surface area contributed by atoms with E-state index in [-0.39, 0.29) is 24.0 Å². The minimum absolute atomic E-state index is 0. The molecule has 1 aromatic carbocycles. The topological polar surface area (TPSA) is 49.3 Å². The van der Waals surface area contributed by atoms with E-state index in [1.807, 2.05) is 23.9 Å². The molecule has 25 heavy (non-hydrogen) atoms. The molecule has 7 heteroatoms. The van der Waals surface area contributed by atoms with Crippen molar-refractivity contribution in [1.29, 1.82) is 0 Å². The number of guanidine groups is 1. The molecule has 0 saturated heterocycles. The fraction of sp³-hybridized carbons (Fsp3) is 0.333. The maximum Gasteiger partial charge on any atom is 0.191 e. The van der Waals surface area contributed by atoms with Gasteiger partial charge in [-0.15, -0.1) is 35.7 Å². The molecule has 0 radical (unpaired) electrons. The van der Waals surface area contributed by atoms with E-state index in [4.69, 9.17) is 11.6 Å². The second-order valence-corrected chi connectivity index (χ2v) is 6.88. The number of nitrogens with zero attached hydrogens (tertiary/aromatic N) is 2. The van der Waals surface area contributed by atoms with Crippen molar-refractivity contribution in [3.63, 3.8) is 0 Å². The first-order valence-electron chi connectivity index (χ1n) is 7.92. The Labute approximate surface area is 176 Å². The number of hydrogen-bond donors (Lipinski definition) is 2. The average Bonchev–Trinajstić information content (AvgIpc) is 2.60. The predicted octanol–water partition coefficient (Wildman–Crippen LogP) is 4.16. The van der Waals surface area contributed by atoms with Crippen LogP contribution in [0.4, 0.5) is 0 Å². The molecule has 0 saturated carbocycles. The number of halogens is 2. The fourth-order valence-electron chi connectivity index (χ4n) is 2.07. The SMILES string of the molecule is CN=C(NCCSc1ccc(C)cc1)NCCc1ccc(Cl)nc1.I. The summed E-state index contributed by atoms with van der Waals surface area (Å²) >= 11 is 7.62. The van der Waals surface area contributed by atoms with Gasteiger partial charge in [-0.3, -0.25) is 4.99 Å². The van der Waals surface area contributed by atoms with Gasteiger partial charge in [0.1, 0.15) is 5.15 Å². The second kappa shape index (κ2) is 12.4. The van der Waals surface area contributed by atoms with Gasteiger partial charge in [-0.1, -0.05) is 35.4 Å². The lowest BCUT2D eigenvalue weighted by Gasteiger charge is -2.11. The van der Waals surface area contributed by atoms with E-state index in [2.05, 4.69) is 51.8 Å². The van der Waals surface area contributed by atoms with Crippen molar-refractivity contribution in [2.75, 3.05) is 25.9 Å². The Balaban J connectivity index is 0.00000312. The van der Waals surface area contributed by atoms with E-state index < -0.39 is 0 Å². The van der Waals surface area contributed by atoms with Gasteiger partial charge in [0.2, 0.25) is 0 Å². The van der Waals surface area contributed by atoms with Gasteiger partial charge in [-0.05, 0) is 37.1 Å². The first kappa shape index (κ1) is 22.1. The van der Waals surface area contributed by atoms with Gasteiger partial charge >= 0.3 is 0 Å². The molecule has 0 amide bonds. The first-order chi connectivity index (χ1) is 11.7. The fourth-order valence-corrected chi connectivity index (χ4v) is 2.95. The molecule has 1 aromatic heterocycles. The summed E-state index contributed by atoms with van der Waals surface area (Å²) in [6.45, 7) is 3.76. The molecule has 0 aliphatic carbocycles. The van der Waals surface area contributed by atoms with E-state index in [9.17, 15) is 0 Å². The molecule has 2 aromatic rings. The highest BCUT2D eigenvalue weighted by molar-refractivity contribution is 14.0. The van der Waals surface area contributed by atoms with Crippen LogP contribution in [-0.4, -0.2) is 36.8 Å². The molecule has 4 nitrogen and oxygen atoms in total. The Morgan fingerprint density at radius 1 is 1.12 bits per heavy atom. The van der Waals surface area contributed by atoms with E-state index >= 15 is 0 Å². The Hall–Kier alpha value is -0.990. The van der Waals surface area contributed by atoms with Gasteiger partial charge in [-0.2, -0.15) is 0 Å². The van der Waals surface area contributed by atoms with Crippen molar-refractivity contribution in [3.8, 4) is 0 Å². The molecule has 136 valence electrons. The summed E-state index contributed by atoms with van der Waals surface area (Å²) in [5.74, 6) is 1.81. The molecule has 2 N–H and O–H groups in total. The highest BCUT2D eigenvalue weighted by Gasteiger charge is 1.99. The minimum atomic E-state index is 0. The molecule has 0 aliphatic rings. The standard InChI is InChI=1S/C18H23ClN4S.HI/c1-14-3-6-16(7-4-14)24-12-11-22-18(20-2)21-10-9-15-5-8-17(19)23-13-15;/h3-8,13H,9-12H2,1-2H3,(H2,20,21,22);1H. The van der Waals surface area contributed by atoms with E-state index in [0.29, 0.717) is 5.15 Å². The predicted molar refractivity (Wildman–Crippen MR) is 120 cm³/mol. The van der Waals surface area contributed by atoms with Gasteiger partial charge in [-0.25, -0.2) is 4.98 Å². The van der Waals surface area contributed by atoms with Crippen molar-refractivity contribution in [2.45, 2.75) is 18.2 Å². The molecule has 0 fully saturated rings. The molecule has 0 bridgehead atoms. The summed E-state index contributed by atoms with van der Waals surface area (Å²) < 4.78 is 0. The number of benzene rings is 1. The van der Waals surface area contributed by atoms with Crippen molar-refractivity contribution >= 4 is 53.3 Å². The smallest absolute Gasteiger partial charge is 0.191 e. The monoisotopic (exact) mass is 490 g/mol. The van der Waals surface area contributed by atoms with Crippen LogP contribution in [-0.2, 0) is 6.42 Å². The minimum Gasteiger partial charge on any atom is -0.356 e. The maximum absolute atomic E-state index is 5.78. The van der Waals surface area contributed by atoms with Crippen LogP contribution in [0, 0.1) is 6.92 Å². The number of hydrogen-bond acceptors (Lipinski definition) is 3. The van der Waals surface area contributed by atoms with E-state index in [1.165, 1.54) is 10.5 Å². The number of rotatable bonds is 7. The summed E-state index contributed by atoms with van der Waals surface area (Å²) in [6.07, 6.45) is 2.68.